The molecule has 0 aliphatic heterocycles. The van der Waals surface area contributed by atoms with Gasteiger partial charge in [-0.25, -0.2) is 4.98 Å². The molecule has 0 bridgehead atoms. The molecule has 0 aliphatic carbocycles. The molecule has 0 spiro atoms. The molecule has 0 saturated heterocycles. The zero-order valence-corrected chi connectivity index (χ0v) is 10.6. The van der Waals surface area contributed by atoms with Gasteiger partial charge in [0.2, 0.25) is 0 Å². The van der Waals surface area contributed by atoms with E-state index in [9.17, 15) is 0 Å². The Morgan fingerprint density at radius 1 is 1.29 bits per heavy atom. The number of aromatic hydroxyl groups is 1. The molecule has 1 aromatic carbocycles. The first-order valence-electron chi connectivity index (χ1n) is 5.63. The van der Waals surface area contributed by atoms with Gasteiger partial charge in [0, 0.05) is 18.0 Å². The van der Waals surface area contributed by atoms with Gasteiger partial charge in [0.05, 0.1) is 11.2 Å². The minimum Gasteiger partial charge on any atom is -0.508 e. The van der Waals surface area contributed by atoms with Gasteiger partial charge in [-0.15, -0.1) is 11.3 Å². The van der Waals surface area contributed by atoms with Gasteiger partial charge in [0.15, 0.2) is 0 Å². The fraction of sp³-hybridized carbons (Fsp3) is 0.308. The van der Waals surface area contributed by atoms with E-state index in [1.54, 1.807) is 23.5 Å². The number of thiazole rings is 1. The zero-order chi connectivity index (χ0) is 12.1. The van der Waals surface area contributed by atoms with Gasteiger partial charge in [-0.2, -0.15) is 0 Å². The van der Waals surface area contributed by atoms with Crippen molar-refractivity contribution in [1.29, 1.82) is 0 Å². The SMILES string of the molecule is Cc1ncsc1CCNCc1ccc(O)cc1. The lowest BCUT2D eigenvalue weighted by Crippen LogP contribution is -2.16. The maximum Gasteiger partial charge on any atom is 0.115 e. The average Bonchev–Trinajstić information content (AvgIpc) is 2.73. The second-order valence-electron chi connectivity index (χ2n) is 3.95. The van der Waals surface area contributed by atoms with Crippen LogP contribution in [0.25, 0.3) is 0 Å². The Labute approximate surface area is 105 Å². The number of phenolic OH excluding ortho intramolecular Hbond substituents is 1. The Hall–Kier alpha value is -1.39. The van der Waals surface area contributed by atoms with E-state index in [1.165, 1.54) is 10.4 Å². The van der Waals surface area contributed by atoms with Gasteiger partial charge in [0.1, 0.15) is 5.75 Å². The Kier molecular flexibility index (Phi) is 4.12. The number of aromatic nitrogens is 1. The molecule has 17 heavy (non-hydrogen) atoms. The quantitative estimate of drug-likeness (QED) is 0.799. The lowest BCUT2D eigenvalue weighted by molar-refractivity contribution is 0.475. The third-order valence-corrected chi connectivity index (χ3v) is 3.63. The molecule has 2 N–H and O–H groups in total. The molecule has 2 aromatic rings. The molecule has 0 atom stereocenters. The summed E-state index contributed by atoms with van der Waals surface area (Å²) >= 11 is 1.71. The van der Waals surface area contributed by atoms with Crippen molar-refractivity contribution in [2.24, 2.45) is 0 Å². The Bertz CT molecular complexity index is 465. The van der Waals surface area contributed by atoms with Crippen LogP contribution in [0.1, 0.15) is 16.1 Å². The average molecular weight is 248 g/mol. The molecular weight excluding hydrogens is 232 g/mol. The van der Waals surface area contributed by atoms with Gasteiger partial charge in [-0.05, 0) is 31.0 Å². The second kappa shape index (κ2) is 5.80. The molecule has 1 aromatic heterocycles. The summed E-state index contributed by atoms with van der Waals surface area (Å²) in [6.07, 6.45) is 1.02. The second-order valence-corrected chi connectivity index (χ2v) is 4.89. The smallest absolute Gasteiger partial charge is 0.115 e. The minimum absolute atomic E-state index is 0.314. The Balaban J connectivity index is 1.73. The van der Waals surface area contributed by atoms with Crippen LogP contribution in [0, 0.1) is 6.92 Å². The van der Waals surface area contributed by atoms with E-state index >= 15 is 0 Å². The van der Waals surface area contributed by atoms with Crippen LogP contribution in [0.2, 0.25) is 0 Å². The molecule has 0 unspecified atom stereocenters. The van der Waals surface area contributed by atoms with Crippen LogP contribution < -0.4 is 5.32 Å². The highest BCUT2D eigenvalue weighted by molar-refractivity contribution is 7.09. The molecule has 1 heterocycles. The molecule has 0 aliphatic rings. The van der Waals surface area contributed by atoms with Gasteiger partial charge < -0.3 is 10.4 Å². The predicted octanol–water partition coefficient (Wildman–Crippen LogP) is 2.49. The molecule has 4 heteroatoms. The topological polar surface area (TPSA) is 45.2 Å². The maximum absolute atomic E-state index is 9.16. The minimum atomic E-state index is 0.314. The first kappa shape index (κ1) is 12.1. The van der Waals surface area contributed by atoms with Crippen molar-refractivity contribution in [2.75, 3.05) is 6.54 Å². The predicted molar refractivity (Wildman–Crippen MR) is 70.4 cm³/mol. The highest BCUT2D eigenvalue weighted by Crippen LogP contribution is 2.12. The third-order valence-electron chi connectivity index (χ3n) is 2.64. The van der Waals surface area contributed by atoms with E-state index in [0.29, 0.717) is 5.75 Å². The van der Waals surface area contributed by atoms with E-state index in [2.05, 4.69) is 10.3 Å². The number of benzene rings is 1. The van der Waals surface area contributed by atoms with Crippen LogP contribution in [0.3, 0.4) is 0 Å². The van der Waals surface area contributed by atoms with Crippen LogP contribution in [-0.4, -0.2) is 16.6 Å². The summed E-state index contributed by atoms with van der Waals surface area (Å²) in [4.78, 5) is 5.58. The van der Waals surface area contributed by atoms with Crippen LogP contribution >= 0.6 is 11.3 Å². The van der Waals surface area contributed by atoms with Crippen molar-refractivity contribution in [1.82, 2.24) is 10.3 Å². The van der Waals surface area contributed by atoms with Gasteiger partial charge >= 0.3 is 0 Å². The Morgan fingerprint density at radius 3 is 2.71 bits per heavy atom. The highest BCUT2D eigenvalue weighted by atomic mass is 32.1. The third kappa shape index (κ3) is 3.54. The molecule has 2 rings (SSSR count). The van der Waals surface area contributed by atoms with E-state index in [0.717, 1.165) is 25.2 Å². The molecule has 0 saturated carbocycles. The summed E-state index contributed by atoms with van der Waals surface area (Å²) in [7, 11) is 0. The lowest BCUT2D eigenvalue weighted by atomic mass is 10.2. The fourth-order valence-electron chi connectivity index (χ4n) is 1.61. The van der Waals surface area contributed by atoms with Crippen LogP contribution in [-0.2, 0) is 13.0 Å². The zero-order valence-electron chi connectivity index (χ0n) is 9.81. The van der Waals surface area contributed by atoms with Gasteiger partial charge in [-0.3, -0.25) is 0 Å². The number of phenols is 1. The van der Waals surface area contributed by atoms with Crippen LogP contribution in [0.5, 0.6) is 5.75 Å². The van der Waals surface area contributed by atoms with Crippen molar-refractivity contribution < 1.29 is 5.11 Å². The molecule has 90 valence electrons. The van der Waals surface area contributed by atoms with Crippen molar-refractivity contribution in [3.05, 3.63) is 45.9 Å². The number of rotatable bonds is 5. The van der Waals surface area contributed by atoms with E-state index < -0.39 is 0 Å². The number of hydrogen-bond acceptors (Lipinski definition) is 4. The first-order chi connectivity index (χ1) is 8.25. The maximum atomic E-state index is 9.16. The fourth-order valence-corrected chi connectivity index (χ4v) is 2.40. The molecule has 0 amide bonds. The van der Waals surface area contributed by atoms with E-state index in [-0.39, 0.29) is 0 Å². The van der Waals surface area contributed by atoms with Crippen molar-refractivity contribution in [2.45, 2.75) is 19.9 Å². The summed E-state index contributed by atoms with van der Waals surface area (Å²) in [6, 6.07) is 7.29. The van der Waals surface area contributed by atoms with Crippen molar-refractivity contribution in [3.63, 3.8) is 0 Å². The molecule has 3 nitrogen and oxygen atoms in total. The normalized spacial score (nSPS) is 10.6. The monoisotopic (exact) mass is 248 g/mol. The van der Waals surface area contributed by atoms with Gasteiger partial charge in [-0.1, -0.05) is 12.1 Å². The van der Waals surface area contributed by atoms with Gasteiger partial charge in [0.25, 0.3) is 0 Å². The number of nitrogens with one attached hydrogen (secondary N) is 1. The highest BCUT2D eigenvalue weighted by Gasteiger charge is 2.00. The number of nitrogens with zero attached hydrogens (tertiary/aromatic N) is 1. The molecule has 0 fully saturated rings. The summed E-state index contributed by atoms with van der Waals surface area (Å²) in [5.41, 5.74) is 4.22. The largest absolute Gasteiger partial charge is 0.508 e. The van der Waals surface area contributed by atoms with Crippen LogP contribution in [0.15, 0.2) is 29.8 Å². The van der Waals surface area contributed by atoms with E-state index in [4.69, 9.17) is 5.11 Å². The molecular formula is C13H16N2OS. The Morgan fingerprint density at radius 2 is 2.06 bits per heavy atom. The van der Waals surface area contributed by atoms with Crippen molar-refractivity contribution in [3.8, 4) is 5.75 Å². The summed E-state index contributed by atoms with van der Waals surface area (Å²) < 4.78 is 0. The first-order valence-corrected chi connectivity index (χ1v) is 6.51. The molecule has 0 radical (unpaired) electrons. The summed E-state index contributed by atoms with van der Waals surface area (Å²) in [5, 5.41) is 12.5. The summed E-state index contributed by atoms with van der Waals surface area (Å²) in [5.74, 6) is 0.314. The lowest BCUT2D eigenvalue weighted by Gasteiger charge is -2.04. The number of hydrogen-bond donors (Lipinski definition) is 2. The number of aryl methyl sites for hydroxylation is 1. The van der Waals surface area contributed by atoms with Crippen LogP contribution in [0.4, 0.5) is 0 Å². The van der Waals surface area contributed by atoms with Crippen molar-refractivity contribution >= 4 is 11.3 Å². The van der Waals surface area contributed by atoms with E-state index in [1.807, 2.05) is 24.6 Å². The standard InChI is InChI=1S/C13H16N2OS/c1-10-13(17-9-15-10)6-7-14-8-11-2-4-12(16)5-3-11/h2-5,9,14,16H,6-8H2,1H3. The summed E-state index contributed by atoms with van der Waals surface area (Å²) in [6.45, 7) is 3.83.